The van der Waals surface area contributed by atoms with Gasteiger partial charge in [0.1, 0.15) is 5.75 Å². The maximum Gasteiger partial charge on any atom is 0.124 e. The van der Waals surface area contributed by atoms with Crippen molar-refractivity contribution in [3.8, 4) is 5.75 Å². The van der Waals surface area contributed by atoms with Gasteiger partial charge in [0.25, 0.3) is 0 Å². The molecule has 0 N–H and O–H groups in total. The Morgan fingerprint density at radius 2 is 1.95 bits per heavy atom. The van der Waals surface area contributed by atoms with Crippen LogP contribution in [-0.2, 0) is 0 Å². The molecule has 0 bridgehead atoms. The first kappa shape index (κ1) is 16.3. The third-order valence-corrected chi connectivity index (χ3v) is 5.99. The molecule has 2 aromatic rings. The lowest BCUT2D eigenvalue weighted by Crippen LogP contribution is -2.02. The van der Waals surface area contributed by atoms with Crippen molar-refractivity contribution in [3.05, 3.63) is 61.1 Å². The van der Waals surface area contributed by atoms with Crippen LogP contribution >= 0.6 is 54.5 Å². The van der Waals surface area contributed by atoms with Gasteiger partial charge in [-0.15, -0.1) is 0 Å². The van der Waals surface area contributed by atoms with Crippen molar-refractivity contribution in [2.45, 2.75) is 18.7 Å². The fraction of sp³-hybridized carbons (Fsp3) is 0.250. The summed E-state index contributed by atoms with van der Waals surface area (Å²) in [6, 6.07) is 12.5. The lowest BCUT2D eigenvalue weighted by atomic mass is 10.0. The minimum Gasteiger partial charge on any atom is -0.494 e. The molecule has 20 heavy (non-hydrogen) atoms. The van der Waals surface area contributed by atoms with E-state index >= 15 is 0 Å². The first-order valence-electron chi connectivity index (χ1n) is 6.36. The van der Waals surface area contributed by atoms with Crippen molar-refractivity contribution in [2.75, 3.05) is 6.61 Å². The Balaban J connectivity index is 2.49. The second-order valence-corrected chi connectivity index (χ2v) is 7.37. The van der Waals surface area contributed by atoms with Gasteiger partial charge >= 0.3 is 0 Å². The average Bonchev–Trinajstić information content (AvgIpc) is 2.43. The maximum absolute atomic E-state index is 5.75. The summed E-state index contributed by atoms with van der Waals surface area (Å²) >= 11 is 9.78. The SMILES string of the molecule is CCOc1ccc(Br)cc1C(Br)c1cccc(C)c1I. The van der Waals surface area contributed by atoms with Crippen LogP contribution in [-0.4, -0.2) is 6.61 Å². The first-order chi connectivity index (χ1) is 9.54. The number of rotatable bonds is 4. The molecule has 0 aliphatic heterocycles. The molecule has 1 nitrogen and oxygen atoms in total. The Bertz CT molecular complexity index is 613. The van der Waals surface area contributed by atoms with Gasteiger partial charge in [-0.2, -0.15) is 0 Å². The molecule has 0 aromatic heterocycles. The number of alkyl halides is 1. The second-order valence-electron chi connectivity index (χ2n) is 4.46. The van der Waals surface area contributed by atoms with Crippen LogP contribution in [0.3, 0.4) is 0 Å². The van der Waals surface area contributed by atoms with Gasteiger partial charge in [0.05, 0.1) is 11.4 Å². The molecule has 0 saturated carbocycles. The summed E-state index contributed by atoms with van der Waals surface area (Å²) in [5.74, 6) is 0.926. The third-order valence-electron chi connectivity index (χ3n) is 3.04. The Morgan fingerprint density at radius 3 is 2.65 bits per heavy atom. The van der Waals surface area contributed by atoms with Crippen molar-refractivity contribution in [1.82, 2.24) is 0 Å². The first-order valence-corrected chi connectivity index (χ1v) is 9.14. The van der Waals surface area contributed by atoms with Gasteiger partial charge in [0.15, 0.2) is 0 Å². The molecular formula is C16H15Br2IO. The molecule has 2 rings (SSSR count). The summed E-state index contributed by atoms with van der Waals surface area (Å²) in [5.41, 5.74) is 3.70. The number of hydrogen-bond donors (Lipinski definition) is 0. The summed E-state index contributed by atoms with van der Waals surface area (Å²) in [6.07, 6.45) is 0. The fourth-order valence-corrected chi connectivity index (χ4v) is 4.25. The Morgan fingerprint density at radius 1 is 1.20 bits per heavy atom. The topological polar surface area (TPSA) is 9.23 Å². The zero-order valence-corrected chi connectivity index (χ0v) is 16.6. The van der Waals surface area contributed by atoms with Gasteiger partial charge in [0, 0.05) is 13.6 Å². The van der Waals surface area contributed by atoms with Crippen molar-refractivity contribution >= 4 is 54.5 Å². The minimum absolute atomic E-state index is 0.119. The number of aryl methyl sites for hydroxylation is 1. The third kappa shape index (κ3) is 3.57. The van der Waals surface area contributed by atoms with E-state index in [-0.39, 0.29) is 4.83 Å². The van der Waals surface area contributed by atoms with Crippen LogP contribution < -0.4 is 4.74 Å². The fourth-order valence-electron chi connectivity index (χ4n) is 2.04. The van der Waals surface area contributed by atoms with Gasteiger partial charge in [-0.05, 0) is 65.8 Å². The van der Waals surface area contributed by atoms with E-state index in [4.69, 9.17) is 4.74 Å². The molecule has 0 aliphatic rings. The summed E-state index contributed by atoms with van der Waals surface area (Å²) in [4.78, 5) is 0.119. The van der Waals surface area contributed by atoms with E-state index in [1.807, 2.05) is 19.1 Å². The monoisotopic (exact) mass is 508 g/mol. The molecule has 0 fully saturated rings. The van der Waals surface area contributed by atoms with E-state index in [9.17, 15) is 0 Å². The molecule has 0 amide bonds. The Kier molecular flexibility index (Phi) is 5.93. The smallest absolute Gasteiger partial charge is 0.124 e. The van der Waals surface area contributed by atoms with Crippen LogP contribution in [0.1, 0.15) is 28.4 Å². The van der Waals surface area contributed by atoms with Crippen molar-refractivity contribution in [2.24, 2.45) is 0 Å². The van der Waals surface area contributed by atoms with Crippen LogP contribution in [0, 0.1) is 10.5 Å². The van der Waals surface area contributed by atoms with Crippen molar-refractivity contribution < 1.29 is 4.74 Å². The van der Waals surface area contributed by atoms with Gasteiger partial charge in [-0.25, -0.2) is 0 Å². The predicted molar refractivity (Wildman–Crippen MR) is 100.0 cm³/mol. The average molecular weight is 510 g/mol. The van der Waals surface area contributed by atoms with Crippen molar-refractivity contribution in [1.29, 1.82) is 0 Å². The Hall–Kier alpha value is -0.0700. The molecule has 0 radical (unpaired) electrons. The highest BCUT2D eigenvalue weighted by atomic mass is 127. The minimum atomic E-state index is 0.119. The standard InChI is InChI=1S/C16H15Br2IO/c1-3-20-14-8-7-11(17)9-13(14)15(18)12-6-4-5-10(2)16(12)19/h4-9,15H,3H2,1-2H3. The van der Waals surface area contributed by atoms with E-state index in [1.54, 1.807) is 0 Å². The van der Waals surface area contributed by atoms with Gasteiger partial charge < -0.3 is 4.74 Å². The van der Waals surface area contributed by atoms with Crippen LogP contribution in [0.5, 0.6) is 5.75 Å². The summed E-state index contributed by atoms with van der Waals surface area (Å²) in [6.45, 7) is 4.81. The number of hydrogen-bond acceptors (Lipinski definition) is 1. The molecule has 0 aliphatic carbocycles. The summed E-state index contributed by atoms with van der Waals surface area (Å²) in [5, 5.41) is 0. The van der Waals surface area contributed by atoms with E-state index in [2.05, 4.69) is 85.6 Å². The molecular weight excluding hydrogens is 495 g/mol. The van der Waals surface area contributed by atoms with E-state index in [1.165, 1.54) is 14.7 Å². The van der Waals surface area contributed by atoms with Crippen LogP contribution in [0.2, 0.25) is 0 Å². The van der Waals surface area contributed by atoms with Crippen LogP contribution in [0.15, 0.2) is 40.9 Å². The van der Waals surface area contributed by atoms with Gasteiger partial charge in [-0.3, -0.25) is 0 Å². The van der Waals surface area contributed by atoms with Gasteiger partial charge in [0.2, 0.25) is 0 Å². The molecule has 0 heterocycles. The van der Waals surface area contributed by atoms with E-state index in [0.29, 0.717) is 6.61 Å². The Labute approximate surface area is 150 Å². The summed E-state index contributed by atoms with van der Waals surface area (Å²) < 4.78 is 8.10. The van der Waals surface area contributed by atoms with Gasteiger partial charge in [-0.1, -0.05) is 50.1 Å². The summed E-state index contributed by atoms with van der Waals surface area (Å²) in [7, 11) is 0. The highest BCUT2D eigenvalue weighted by Gasteiger charge is 2.18. The van der Waals surface area contributed by atoms with E-state index < -0.39 is 0 Å². The number of benzene rings is 2. The molecule has 1 atom stereocenters. The predicted octanol–water partition coefficient (Wildman–Crippen LogP) is 6.25. The second kappa shape index (κ2) is 7.27. The number of ether oxygens (including phenoxy) is 1. The molecule has 1 unspecified atom stereocenters. The zero-order valence-electron chi connectivity index (χ0n) is 11.3. The zero-order chi connectivity index (χ0) is 14.7. The van der Waals surface area contributed by atoms with Crippen LogP contribution in [0.25, 0.3) is 0 Å². The molecule has 106 valence electrons. The molecule has 0 saturated heterocycles. The van der Waals surface area contributed by atoms with Crippen molar-refractivity contribution in [3.63, 3.8) is 0 Å². The normalized spacial score (nSPS) is 12.2. The maximum atomic E-state index is 5.75. The molecule has 4 heteroatoms. The van der Waals surface area contributed by atoms with Crippen LogP contribution in [0.4, 0.5) is 0 Å². The lowest BCUT2D eigenvalue weighted by molar-refractivity contribution is 0.337. The highest BCUT2D eigenvalue weighted by molar-refractivity contribution is 14.1. The molecule has 2 aromatic carbocycles. The number of halogens is 3. The quantitative estimate of drug-likeness (QED) is 0.350. The largest absolute Gasteiger partial charge is 0.494 e. The molecule has 0 spiro atoms. The highest BCUT2D eigenvalue weighted by Crippen LogP contribution is 2.40. The lowest BCUT2D eigenvalue weighted by Gasteiger charge is -2.18. The van der Waals surface area contributed by atoms with E-state index in [0.717, 1.165) is 15.8 Å².